The quantitative estimate of drug-likeness (QED) is 0.549. The molecule has 2 amide bonds. The Morgan fingerprint density at radius 2 is 2.03 bits per heavy atom. The summed E-state index contributed by atoms with van der Waals surface area (Å²) in [4.78, 5) is 39.4. The molecule has 0 saturated carbocycles. The summed E-state index contributed by atoms with van der Waals surface area (Å²) in [5, 5.41) is 14.9. The van der Waals surface area contributed by atoms with Crippen LogP contribution in [0.4, 0.5) is 10.5 Å². The molecule has 4 heterocycles. The van der Waals surface area contributed by atoms with Gasteiger partial charge in [0, 0.05) is 31.1 Å². The largest absolute Gasteiger partial charge is 0.486 e. The van der Waals surface area contributed by atoms with Crippen LogP contribution >= 0.6 is 0 Å². The first-order chi connectivity index (χ1) is 17.0. The minimum Gasteiger partial charge on any atom is -0.486 e. The van der Waals surface area contributed by atoms with E-state index in [2.05, 4.69) is 20.6 Å². The van der Waals surface area contributed by atoms with Gasteiger partial charge < -0.3 is 19.7 Å². The minimum atomic E-state index is -0.578. The van der Waals surface area contributed by atoms with Gasteiger partial charge >= 0.3 is 6.09 Å². The van der Waals surface area contributed by atoms with Crippen molar-refractivity contribution in [3.63, 3.8) is 0 Å². The van der Waals surface area contributed by atoms with E-state index in [0.29, 0.717) is 42.3 Å². The van der Waals surface area contributed by atoms with E-state index in [1.54, 1.807) is 27.6 Å². The van der Waals surface area contributed by atoms with Crippen molar-refractivity contribution >= 4 is 23.3 Å². The number of ether oxygens (including phenoxy) is 2. The zero-order chi connectivity index (χ0) is 26.0. The molecule has 3 aromatic heterocycles. The van der Waals surface area contributed by atoms with Crippen molar-refractivity contribution in [1.82, 2.24) is 29.3 Å². The van der Waals surface area contributed by atoms with Crippen LogP contribution in [0.2, 0.25) is 0 Å². The van der Waals surface area contributed by atoms with Crippen LogP contribution in [0.15, 0.2) is 35.5 Å². The highest BCUT2D eigenvalue weighted by Gasteiger charge is 2.31. The smallest absolute Gasteiger partial charge is 0.410 e. The molecule has 192 valence electrons. The van der Waals surface area contributed by atoms with Crippen LogP contribution in [0.1, 0.15) is 52.7 Å². The number of amides is 2. The van der Waals surface area contributed by atoms with Gasteiger partial charge in [-0.3, -0.25) is 14.0 Å². The SMILES string of the molecule is CC(C)c1nn(CC(=O)Nc2ccc3nncn3c2)c(=O)cc1OC1CCN(C(=O)OC(C)(C)C)C1. The lowest BCUT2D eigenvalue weighted by molar-refractivity contribution is -0.117. The highest BCUT2D eigenvalue weighted by molar-refractivity contribution is 5.90. The third-order valence-corrected chi connectivity index (χ3v) is 5.50. The molecule has 0 radical (unpaired) electrons. The van der Waals surface area contributed by atoms with Crippen molar-refractivity contribution in [3.05, 3.63) is 46.8 Å². The molecule has 36 heavy (non-hydrogen) atoms. The van der Waals surface area contributed by atoms with Gasteiger partial charge in [-0.05, 0) is 32.9 Å². The molecule has 0 aliphatic carbocycles. The summed E-state index contributed by atoms with van der Waals surface area (Å²) in [6.45, 7) is 9.92. The van der Waals surface area contributed by atoms with Crippen molar-refractivity contribution in [1.29, 1.82) is 0 Å². The van der Waals surface area contributed by atoms with E-state index >= 15 is 0 Å². The summed E-state index contributed by atoms with van der Waals surface area (Å²) in [6, 6.07) is 4.79. The molecule has 0 aromatic carbocycles. The highest BCUT2D eigenvalue weighted by Crippen LogP contribution is 2.26. The second-order valence-electron chi connectivity index (χ2n) is 10.1. The van der Waals surface area contributed by atoms with Crippen molar-refractivity contribution in [3.8, 4) is 5.75 Å². The Balaban J connectivity index is 1.44. The van der Waals surface area contributed by atoms with E-state index in [-0.39, 0.29) is 24.7 Å². The topological polar surface area (TPSA) is 133 Å². The number of hydrogen-bond acceptors (Lipinski definition) is 8. The van der Waals surface area contributed by atoms with Gasteiger partial charge in [0.15, 0.2) is 5.65 Å². The summed E-state index contributed by atoms with van der Waals surface area (Å²) in [6.07, 6.45) is 3.15. The molecule has 12 nitrogen and oxygen atoms in total. The van der Waals surface area contributed by atoms with E-state index in [9.17, 15) is 14.4 Å². The van der Waals surface area contributed by atoms with E-state index < -0.39 is 17.1 Å². The molecular formula is C24H31N7O5. The van der Waals surface area contributed by atoms with Crippen molar-refractivity contribution in [2.75, 3.05) is 18.4 Å². The van der Waals surface area contributed by atoms with Crippen LogP contribution in [-0.2, 0) is 16.1 Å². The molecule has 1 saturated heterocycles. The lowest BCUT2D eigenvalue weighted by Crippen LogP contribution is -2.36. The van der Waals surface area contributed by atoms with Gasteiger partial charge in [-0.2, -0.15) is 5.10 Å². The maximum atomic E-state index is 12.8. The minimum absolute atomic E-state index is 0.0607. The monoisotopic (exact) mass is 497 g/mol. The fraction of sp³-hybridized carbons (Fsp3) is 0.500. The van der Waals surface area contributed by atoms with E-state index in [4.69, 9.17) is 9.47 Å². The van der Waals surface area contributed by atoms with E-state index in [0.717, 1.165) is 4.68 Å². The zero-order valence-electron chi connectivity index (χ0n) is 21.1. The normalized spacial score (nSPS) is 15.9. The van der Waals surface area contributed by atoms with Gasteiger partial charge in [-0.15, -0.1) is 10.2 Å². The number of nitrogens with zero attached hydrogens (tertiary/aromatic N) is 6. The number of carbonyl (C=O) groups is 2. The molecule has 12 heteroatoms. The van der Waals surface area contributed by atoms with Crippen LogP contribution in [0.25, 0.3) is 5.65 Å². The molecule has 0 bridgehead atoms. The molecule has 1 atom stereocenters. The molecule has 0 spiro atoms. The maximum absolute atomic E-state index is 12.8. The standard InChI is InChI=1S/C24H31N7O5/c1-15(2)22-18(35-17-8-9-29(12-17)23(34)36-24(3,4)5)10-21(33)31(28-22)13-20(32)26-16-6-7-19-27-25-14-30(19)11-16/h6-7,10-11,14-15,17H,8-9,12-13H2,1-5H3,(H,26,32). The van der Waals surface area contributed by atoms with Crippen LogP contribution < -0.4 is 15.6 Å². The fourth-order valence-corrected chi connectivity index (χ4v) is 3.83. The third-order valence-electron chi connectivity index (χ3n) is 5.50. The Morgan fingerprint density at radius 1 is 1.25 bits per heavy atom. The first-order valence-corrected chi connectivity index (χ1v) is 11.8. The van der Waals surface area contributed by atoms with E-state index in [1.165, 1.54) is 12.4 Å². The van der Waals surface area contributed by atoms with Crippen molar-refractivity contribution < 1.29 is 19.1 Å². The number of aromatic nitrogens is 5. The Morgan fingerprint density at radius 3 is 2.75 bits per heavy atom. The van der Waals surface area contributed by atoms with Gasteiger partial charge in [0.1, 0.15) is 36.0 Å². The van der Waals surface area contributed by atoms with Crippen molar-refractivity contribution in [2.45, 2.75) is 65.2 Å². The Bertz CT molecular complexity index is 1320. The second kappa shape index (κ2) is 9.96. The predicted octanol–water partition coefficient (Wildman–Crippen LogP) is 2.44. The Hall–Kier alpha value is -3.96. The first-order valence-electron chi connectivity index (χ1n) is 11.8. The summed E-state index contributed by atoms with van der Waals surface area (Å²) in [5.41, 5.74) is 0.717. The summed E-state index contributed by atoms with van der Waals surface area (Å²) in [7, 11) is 0. The number of rotatable bonds is 6. The van der Waals surface area contributed by atoms with Gasteiger partial charge in [-0.1, -0.05) is 13.8 Å². The number of nitrogens with one attached hydrogen (secondary N) is 1. The second-order valence-corrected chi connectivity index (χ2v) is 10.1. The average Bonchev–Trinajstić information content (AvgIpc) is 3.43. The lowest BCUT2D eigenvalue weighted by Gasteiger charge is -2.24. The van der Waals surface area contributed by atoms with Crippen LogP contribution in [0.3, 0.4) is 0 Å². The Labute approximate surface area is 208 Å². The van der Waals surface area contributed by atoms with Crippen LogP contribution in [0, 0.1) is 0 Å². The number of carbonyl (C=O) groups excluding carboxylic acids is 2. The lowest BCUT2D eigenvalue weighted by atomic mass is 10.1. The molecule has 1 unspecified atom stereocenters. The van der Waals surface area contributed by atoms with Crippen molar-refractivity contribution in [2.24, 2.45) is 0 Å². The summed E-state index contributed by atoms with van der Waals surface area (Å²) < 4.78 is 14.3. The first kappa shape index (κ1) is 25.1. The number of likely N-dealkylation sites (tertiary alicyclic amines) is 1. The average molecular weight is 498 g/mol. The number of hydrogen-bond donors (Lipinski definition) is 1. The fourth-order valence-electron chi connectivity index (χ4n) is 3.83. The van der Waals surface area contributed by atoms with Gasteiger partial charge in [0.25, 0.3) is 5.56 Å². The van der Waals surface area contributed by atoms with Gasteiger partial charge in [0.2, 0.25) is 5.91 Å². The molecule has 4 rings (SSSR count). The van der Waals surface area contributed by atoms with E-state index in [1.807, 2.05) is 34.6 Å². The molecule has 3 aromatic rings. The summed E-state index contributed by atoms with van der Waals surface area (Å²) >= 11 is 0. The maximum Gasteiger partial charge on any atom is 0.410 e. The van der Waals surface area contributed by atoms with Crippen LogP contribution in [0.5, 0.6) is 5.75 Å². The third kappa shape index (κ3) is 5.99. The van der Waals surface area contributed by atoms with Gasteiger partial charge in [0.05, 0.1) is 12.2 Å². The van der Waals surface area contributed by atoms with Gasteiger partial charge in [-0.25, -0.2) is 9.48 Å². The Kier molecular flexibility index (Phi) is 6.95. The van der Waals surface area contributed by atoms with Crippen LogP contribution in [-0.4, -0.2) is 66.1 Å². The highest BCUT2D eigenvalue weighted by atomic mass is 16.6. The zero-order valence-corrected chi connectivity index (χ0v) is 21.1. The molecule has 1 aliphatic rings. The summed E-state index contributed by atoms with van der Waals surface area (Å²) in [5.74, 6) is -0.0978. The number of fused-ring (bicyclic) bond motifs is 1. The predicted molar refractivity (Wildman–Crippen MR) is 131 cm³/mol. The molecule has 1 N–H and O–H groups in total. The number of anilines is 1. The molecule has 1 aliphatic heterocycles. The molecular weight excluding hydrogens is 466 g/mol. The molecule has 1 fully saturated rings. The number of pyridine rings is 1.